The first-order chi connectivity index (χ1) is 8.81. The minimum atomic E-state index is 0.611. The van der Waals surface area contributed by atoms with Crippen LogP contribution >= 0.6 is 0 Å². The zero-order chi connectivity index (χ0) is 13.2. The van der Waals surface area contributed by atoms with Crippen LogP contribution in [0.5, 0.6) is 0 Å². The summed E-state index contributed by atoms with van der Waals surface area (Å²) in [5.74, 6) is 0. The van der Waals surface area contributed by atoms with Crippen molar-refractivity contribution in [3.8, 4) is 0 Å². The molecule has 0 heterocycles. The van der Waals surface area contributed by atoms with E-state index in [1.165, 1.54) is 11.1 Å². The second-order valence-electron chi connectivity index (χ2n) is 4.45. The van der Waals surface area contributed by atoms with Crippen molar-refractivity contribution in [2.45, 2.75) is 33.4 Å². The predicted octanol–water partition coefficient (Wildman–Crippen LogP) is 2.39. The summed E-state index contributed by atoms with van der Waals surface area (Å²) in [6.45, 7) is 9.58. The number of nitrogens with zero attached hydrogens (tertiary/aromatic N) is 1. The fourth-order valence-corrected chi connectivity index (χ4v) is 1.94. The molecule has 102 valence electrons. The average molecular weight is 250 g/mol. The quantitative estimate of drug-likeness (QED) is 0.684. The molecule has 0 unspecified atom stereocenters. The molecule has 1 aromatic rings. The maximum absolute atomic E-state index is 5.76. The van der Waals surface area contributed by atoms with Gasteiger partial charge < -0.3 is 10.5 Å². The zero-order valence-electron chi connectivity index (χ0n) is 11.7. The Morgan fingerprint density at radius 1 is 1.11 bits per heavy atom. The van der Waals surface area contributed by atoms with Crippen molar-refractivity contribution >= 4 is 0 Å². The Hall–Kier alpha value is -0.900. The van der Waals surface area contributed by atoms with Gasteiger partial charge in [0.25, 0.3) is 0 Å². The fraction of sp³-hybridized carbons (Fsp3) is 0.600. The average Bonchev–Trinajstić information content (AvgIpc) is 2.42. The van der Waals surface area contributed by atoms with Crippen LogP contribution in [-0.2, 0) is 17.8 Å². The third-order valence-electron chi connectivity index (χ3n) is 3.08. The zero-order valence-corrected chi connectivity index (χ0v) is 11.7. The molecule has 0 fully saturated rings. The van der Waals surface area contributed by atoms with Gasteiger partial charge >= 0.3 is 0 Å². The van der Waals surface area contributed by atoms with Gasteiger partial charge in [-0.2, -0.15) is 0 Å². The molecule has 18 heavy (non-hydrogen) atoms. The molecule has 3 heteroatoms. The third kappa shape index (κ3) is 5.17. The highest BCUT2D eigenvalue weighted by Gasteiger charge is 2.06. The Morgan fingerprint density at radius 2 is 1.83 bits per heavy atom. The number of nitrogens with two attached hydrogens (primary N) is 1. The summed E-state index contributed by atoms with van der Waals surface area (Å²) < 4.78 is 5.54. The number of hydrogen-bond donors (Lipinski definition) is 1. The molecule has 1 rings (SSSR count). The molecule has 0 aromatic heterocycles. The second-order valence-corrected chi connectivity index (χ2v) is 4.45. The first-order valence-corrected chi connectivity index (χ1v) is 6.88. The summed E-state index contributed by atoms with van der Waals surface area (Å²) in [4.78, 5) is 2.39. The summed E-state index contributed by atoms with van der Waals surface area (Å²) in [6, 6.07) is 8.40. The molecule has 0 aliphatic rings. The molecule has 3 nitrogen and oxygen atoms in total. The molecule has 0 aliphatic heterocycles. The van der Waals surface area contributed by atoms with E-state index in [0.29, 0.717) is 6.54 Å². The lowest BCUT2D eigenvalue weighted by molar-refractivity contribution is 0.103. The van der Waals surface area contributed by atoms with Crippen molar-refractivity contribution in [3.63, 3.8) is 0 Å². The Kier molecular flexibility index (Phi) is 7.65. The normalized spacial score (nSPS) is 11.1. The highest BCUT2D eigenvalue weighted by molar-refractivity contribution is 5.26. The van der Waals surface area contributed by atoms with Crippen molar-refractivity contribution < 1.29 is 4.74 Å². The Bertz CT molecular complexity index is 328. The molecule has 0 saturated carbocycles. The van der Waals surface area contributed by atoms with Gasteiger partial charge in [0.2, 0.25) is 0 Å². The molecule has 0 atom stereocenters. The number of rotatable bonds is 9. The summed E-state index contributed by atoms with van der Waals surface area (Å²) >= 11 is 0. The van der Waals surface area contributed by atoms with Crippen LogP contribution in [0.3, 0.4) is 0 Å². The number of likely N-dealkylation sites (N-methyl/N-ethyl adjacent to an activating group) is 1. The van der Waals surface area contributed by atoms with Gasteiger partial charge in [-0.25, -0.2) is 0 Å². The van der Waals surface area contributed by atoms with Gasteiger partial charge in [0, 0.05) is 26.2 Å². The van der Waals surface area contributed by atoms with Crippen molar-refractivity contribution in [1.29, 1.82) is 0 Å². The van der Waals surface area contributed by atoms with Crippen LogP contribution in [0.25, 0.3) is 0 Å². The molecule has 2 N–H and O–H groups in total. The molecule has 0 amide bonds. The van der Waals surface area contributed by atoms with E-state index in [1.54, 1.807) is 0 Å². The van der Waals surface area contributed by atoms with Gasteiger partial charge in [-0.15, -0.1) is 0 Å². The number of ether oxygens (including phenoxy) is 1. The van der Waals surface area contributed by atoms with Gasteiger partial charge in [-0.1, -0.05) is 38.1 Å². The highest BCUT2D eigenvalue weighted by atomic mass is 16.5. The predicted molar refractivity (Wildman–Crippen MR) is 76.4 cm³/mol. The van der Waals surface area contributed by atoms with Gasteiger partial charge in [-0.3, -0.25) is 4.90 Å². The largest absolute Gasteiger partial charge is 0.380 e. The summed E-state index contributed by atoms with van der Waals surface area (Å²) in [5.41, 5.74) is 8.34. The SMILES string of the molecule is CCCOCCN(CC)Cc1ccccc1CN. The second kappa shape index (κ2) is 9.09. The van der Waals surface area contributed by atoms with E-state index in [1.807, 2.05) is 6.07 Å². The van der Waals surface area contributed by atoms with E-state index in [9.17, 15) is 0 Å². The number of benzene rings is 1. The maximum Gasteiger partial charge on any atom is 0.0593 e. The Balaban J connectivity index is 2.46. The van der Waals surface area contributed by atoms with Gasteiger partial charge in [0.15, 0.2) is 0 Å². The topological polar surface area (TPSA) is 38.5 Å². The molecule has 0 radical (unpaired) electrons. The first-order valence-electron chi connectivity index (χ1n) is 6.88. The van der Waals surface area contributed by atoms with E-state index < -0.39 is 0 Å². The minimum Gasteiger partial charge on any atom is -0.380 e. The first kappa shape index (κ1) is 15.2. The van der Waals surface area contributed by atoms with Crippen LogP contribution in [0.4, 0.5) is 0 Å². The van der Waals surface area contributed by atoms with Crippen molar-refractivity contribution in [1.82, 2.24) is 4.90 Å². The lowest BCUT2D eigenvalue weighted by Crippen LogP contribution is -2.27. The van der Waals surface area contributed by atoms with Crippen molar-refractivity contribution in [2.75, 3.05) is 26.3 Å². The van der Waals surface area contributed by atoms with Crippen LogP contribution in [0.1, 0.15) is 31.4 Å². The van der Waals surface area contributed by atoms with E-state index in [2.05, 4.69) is 36.9 Å². The van der Waals surface area contributed by atoms with E-state index >= 15 is 0 Å². The lowest BCUT2D eigenvalue weighted by atomic mass is 10.1. The van der Waals surface area contributed by atoms with Gasteiger partial charge in [-0.05, 0) is 24.1 Å². The fourth-order valence-electron chi connectivity index (χ4n) is 1.94. The third-order valence-corrected chi connectivity index (χ3v) is 3.08. The van der Waals surface area contributed by atoms with Gasteiger partial charge in [0.05, 0.1) is 6.61 Å². The van der Waals surface area contributed by atoms with Crippen LogP contribution < -0.4 is 5.73 Å². The van der Waals surface area contributed by atoms with E-state index in [4.69, 9.17) is 10.5 Å². The van der Waals surface area contributed by atoms with Crippen molar-refractivity contribution in [3.05, 3.63) is 35.4 Å². The number of hydrogen-bond acceptors (Lipinski definition) is 3. The summed E-state index contributed by atoms with van der Waals surface area (Å²) in [6.07, 6.45) is 1.09. The van der Waals surface area contributed by atoms with Crippen LogP contribution in [-0.4, -0.2) is 31.2 Å². The molecular weight excluding hydrogens is 224 g/mol. The van der Waals surface area contributed by atoms with E-state index in [-0.39, 0.29) is 0 Å². The smallest absolute Gasteiger partial charge is 0.0593 e. The molecule has 0 saturated heterocycles. The molecule has 0 bridgehead atoms. The maximum atomic E-state index is 5.76. The van der Waals surface area contributed by atoms with E-state index in [0.717, 1.165) is 39.3 Å². The highest BCUT2D eigenvalue weighted by Crippen LogP contribution is 2.11. The van der Waals surface area contributed by atoms with Crippen LogP contribution in [0, 0.1) is 0 Å². The Labute approximate surface area is 111 Å². The molecule has 0 spiro atoms. The molecule has 1 aromatic carbocycles. The Morgan fingerprint density at radius 3 is 2.44 bits per heavy atom. The van der Waals surface area contributed by atoms with Crippen LogP contribution in [0.2, 0.25) is 0 Å². The van der Waals surface area contributed by atoms with Gasteiger partial charge in [0.1, 0.15) is 0 Å². The summed E-state index contributed by atoms with van der Waals surface area (Å²) in [5, 5.41) is 0. The minimum absolute atomic E-state index is 0.611. The lowest BCUT2D eigenvalue weighted by Gasteiger charge is -2.21. The monoisotopic (exact) mass is 250 g/mol. The standard InChI is InChI=1S/C15H26N2O/c1-3-10-18-11-9-17(4-2)13-15-8-6-5-7-14(15)12-16/h5-8H,3-4,9-13,16H2,1-2H3. The van der Waals surface area contributed by atoms with Crippen LogP contribution in [0.15, 0.2) is 24.3 Å². The van der Waals surface area contributed by atoms with Crippen molar-refractivity contribution in [2.24, 2.45) is 5.73 Å². The molecular formula is C15H26N2O. The molecule has 0 aliphatic carbocycles. The summed E-state index contributed by atoms with van der Waals surface area (Å²) in [7, 11) is 0.